The summed E-state index contributed by atoms with van der Waals surface area (Å²) in [6.45, 7) is 4.33. The highest BCUT2D eigenvalue weighted by Crippen LogP contribution is 2.69. The van der Waals surface area contributed by atoms with Crippen LogP contribution in [0.3, 0.4) is 0 Å². The predicted octanol–water partition coefficient (Wildman–Crippen LogP) is 4.19. The number of rotatable bonds is 3. The SMILES string of the molecule is COc1ccc2c3c1O[C@H]1c4c(c5cccc(C)c5n4C)C[C@@]4(O)[C@H](C2)N(CC2CC2)CC[C@]314. The minimum Gasteiger partial charge on any atom is -0.493 e. The zero-order chi connectivity index (χ0) is 23.0. The molecule has 1 saturated heterocycles. The molecule has 3 heterocycles. The van der Waals surface area contributed by atoms with Crippen LogP contribution in [0, 0.1) is 12.8 Å². The third-order valence-electron chi connectivity index (χ3n) is 9.98. The van der Waals surface area contributed by atoms with E-state index in [1.807, 2.05) is 0 Å². The van der Waals surface area contributed by atoms with Gasteiger partial charge in [0, 0.05) is 37.0 Å². The van der Waals surface area contributed by atoms with Crippen molar-refractivity contribution in [1.29, 1.82) is 0 Å². The highest BCUT2D eigenvalue weighted by molar-refractivity contribution is 5.89. The Balaban J connectivity index is 1.44. The first-order valence-corrected chi connectivity index (χ1v) is 12.9. The Morgan fingerprint density at radius 3 is 2.85 bits per heavy atom. The molecule has 2 aromatic carbocycles. The van der Waals surface area contributed by atoms with E-state index in [9.17, 15) is 5.11 Å². The van der Waals surface area contributed by atoms with Gasteiger partial charge < -0.3 is 19.1 Å². The number of ether oxygens (including phenoxy) is 2. The van der Waals surface area contributed by atoms with E-state index in [4.69, 9.17) is 9.47 Å². The van der Waals surface area contributed by atoms with Crippen LogP contribution in [0.1, 0.15) is 53.3 Å². The smallest absolute Gasteiger partial charge is 0.166 e. The maximum Gasteiger partial charge on any atom is 0.166 e. The van der Waals surface area contributed by atoms with E-state index >= 15 is 0 Å². The topological polar surface area (TPSA) is 46.9 Å². The average molecular weight is 457 g/mol. The van der Waals surface area contributed by atoms with Crippen molar-refractivity contribution in [3.63, 3.8) is 0 Å². The van der Waals surface area contributed by atoms with Crippen molar-refractivity contribution in [2.24, 2.45) is 13.0 Å². The maximum absolute atomic E-state index is 13.0. The van der Waals surface area contributed by atoms with Crippen LogP contribution >= 0.6 is 0 Å². The highest BCUT2D eigenvalue weighted by Gasteiger charge is 2.73. The van der Waals surface area contributed by atoms with E-state index in [0.29, 0.717) is 6.42 Å². The third-order valence-corrected chi connectivity index (χ3v) is 9.98. The van der Waals surface area contributed by atoms with Gasteiger partial charge in [0.1, 0.15) is 0 Å². The van der Waals surface area contributed by atoms with Gasteiger partial charge in [-0.2, -0.15) is 0 Å². The highest BCUT2D eigenvalue weighted by atomic mass is 16.5. The second kappa shape index (κ2) is 6.19. The standard InChI is InChI=1S/C29H32N2O3/c1-16-5-4-6-19-20-14-29(32)22-13-18-9-10-21(33-3)26-23(18)28(29,11-12-31(22)15-17-7-8-17)27(34-26)25(20)30(2)24(16)19/h4-6,9-10,17,22,27,32H,7-8,11-15H2,1-3H3/t22-,27-,28-,29+/m0/s1. The lowest BCUT2D eigenvalue weighted by molar-refractivity contribution is -0.173. The number of fused-ring (bicyclic) bond motifs is 4. The van der Waals surface area contributed by atoms with Crippen molar-refractivity contribution >= 4 is 10.9 Å². The fourth-order valence-electron chi connectivity index (χ4n) is 8.40. The summed E-state index contributed by atoms with van der Waals surface area (Å²) in [7, 11) is 3.91. The van der Waals surface area contributed by atoms with Crippen LogP contribution in [0.2, 0.25) is 0 Å². The molecule has 5 aliphatic rings. The van der Waals surface area contributed by atoms with E-state index in [2.05, 4.69) is 53.8 Å². The Labute approximate surface area is 200 Å². The molecular formula is C29H32N2O3. The van der Waals surface area contributed by atoms with Gasteiger partial charge in [0.05, 0.1) is 29.3 Å². The summed E-state index contributed by atoms with van der Waals surface area (Å²) in [4.78, 5) is 2.63. The summed E-state index contributed by atoms with van der Waals surface area (Å²) in [6.07, 6.45) is 4.96. The van der Waals surface area contributed by atoms with Crippen LogP contribution in [-0.2, 0) is 25.3 Å². The van der Waals surface area contributed by atoms with Gasteiger partial charge in [-0.1, -0.05) is 24.3 Å². The van der Waals surface area contributed by atoms with E-state index in [0.717, 1.165) is 43.3 Å². The van der Waals surface area contributed by atoms with Crippen LogP contribution < -0.4 is 9.47 Å². The van der Waals surface area contributed by atoms with Gasteiger partial charge in [-0.05, 0) is 67.8 Å². The van der Waals surface area contributed by atoms with Crippen LogP contribution in [-0.4, -0.2) is 46.4 Å². The lowest BCUT2D eigenvalue weighted by Gasteiger charge is -2.63. The predicted molar refractivity (Wildman–Crippen MR) is 131 cm³/mol. The quantitative estimate of drug-likeness (QED) is 0.642. The largest absolute Gasteiger partial charge is 0.493 e. The second-order valence-corrected chi connectivity index (χ2v) is 11.5. The number of aliphatic hydroxyl groups is 1. The average Bonchev–Trinajstić information content (AvgIpc) is 3.50. The summed E-state index contributed by atoms with van der Waals surface area (Å²) >= 11 is 0. The number of piperidine rings is 1. The van der Waals surface area contributed by atoms with Crippen molar-refractivity contribution in [2.45, 2.75) is 62.2 Å². The lowest BCUT2D eigenvalue weighted by atomic mass is 9.49. The molecule has 2 aliphatic heterocycles. The summed E-state index contributed by atoms with van der Waals surface area (Å²) in [6, 6.07) is 11.0. The number of benzene rings is 2. The Kier molecular flexibility index (Phi) is 3.60. The molecule has 3 aromatic rings. The van der Waals surface area contributed by atoms with Crippen molar-refractivity contribution in [2.75, 3.05) is 20.2 Å². The fraction of sp³-hybridized carbons (Fsp3) is 0.517. The monoisotopic (exact) mass is 456 g/mol. The van der Waals surface area contributed by atoms with Crippen molar-refractivity contribution in [3.8, 4) is 11.5 Å². The van der Waals surface area contributed by atoms with Crippen LogP contribution in [0.5, 0.6) is 11.5 Å². The van der Waals surface area contributed by atoms with Gasteiger partial charge in [0.25, 0.3) is 0 Å². The first-order valence-electron chi connectivity index (χ1n) is 12.9. The molecule has 5 nitrogen and oxygen atoms in total. The van der Waals surface area contributed by atoms with Crippen LogP contribution in [0.4, 0.5) is 0 Å². The number of aromatic nitrogens is 1. The molecule has 0 amide bonds. The Hall–Kier alpha value is -2.50. The molecule has 8 rings (SSSR count). The molecule has 1 spiro atoms. The minimum atomic E-state index is -0.861. The van der Waals surface area contributed by atoms with Gasteiger partial charge in [-0.15, -0.1) is 0 Å². The first-order chi connectivity index (χ1) is 16.5. The molecule has 3 aliphatic carbocycles. The molecule has 1 aromatic heterocycles. The first kappa shape index (κ1) is 19.8. The van der Waals surface area contributed by atoms with E-state index in [1.54, 1.807) is 7.11 Å². The summed E-state index contributed by atoms with van der Waals surface area (Å²) in [5.41, 5.74) is 6.34. The second-order valence-electron chi connectivity index (χ2n) is 11.5. The number of nitrogens with zero attached hydrogens (tertiary/aromatic N) is 2. The number of hydrogen-bond donors (Lipinski definition) is 1. The van der Waals surface area contributed by atoms with Gasteiger partial charge in [0.2, 0.25) is 0 Å². The lowest BCUT2D eigenvalue weighted by Crippen LogP contribution is -2.74. The van der Waals surface area contributed by atoms with E-state index in [1.165, 1.54) is 51.7 Å². The Bertz CT molecular complexity index is 1390. The van der Waals surface area contributed by atoms with Gasteiger partial charge in [-0.25, -0.2) is 0 Å². The summed E-state index contributed by atoms with van der Waals surface area (Å²) in [5, 5.41) is 14.3. The molecule has 176 valence electrons. The molecule has 2 bridgehead atoms. The zero-order valence-corrected chi connectivity index (χ0v) is 20.2. The normalized spacial score (nSPS) is 32.9. The fourth-order valence-corrected chi connectivity index (χ4v) is 8.40. The molecule has 1 saturated carbocycles. The summed E-state index contributed by atoms with van der Waals surface area (Å²) in [5.74, 6) is 2.47. The number of hydrogen-bond acceptors (Lipinski definition) is 4. The van der Waals surface area contributed by atoms with E-state index in [-0.39, 0.29) is 12.1 Å². The Morgan fingerprint density at radius 2 is 2.06 bits per heavy atom. The molecule has 0 radical (unpaired) electrons. The Morgan fingerprint density at radius 1 is 1.21 bits per heavy atom. The molecule has 1 N–H and O–H groups in total. The summed E-state index contributed by atoms with van der Waals surface area (Å²) < 4.78 is 15.1. The van der Waals surface area contributed by atoms with Crippen molar-refractivity contribution < 1.29 is 14.6 Å². The third kappa shape index (κ3) is 2.07. The molecule has 2 fully saturated rings. The molecule has 4 atom stereocenters. The molecule has 0 unspecified atom stereocenters. The van der Waals surface area contributed by atoms with E-state index < -0.39 is 11.0 Å². The van der Waals surface area contributed by atoms with Gasteiger partial charge >= 0.3 is 0 Å². The molecule has 34 heavy (non-hydrogen) atoms. The van der Waals surface area contributed by atoms with Crippen molar-refractivity contribution in [1.82, 2.24) is 9.47 Å². The molecular weight excluding hydrogens is 424 g/mol. The number of likely N-dealkylation sites (tertiary alicyclic amines) is 1. The minimum absolute atomic E-state index is 0.119. The van der Waals surface area contributed by atoms with Gasteiger partial charge in [-0.3, -0.25) is 4.90 Å². The zero-order valence-electron chi connectivity index (χ0n) is 20.2. The van der Waals surface area contributed by atoms with Crippen molar-refractivity contribution in [3.05, 3.63) is 58.3 Å². The van der Waals surface area contributed by atoms with Crippen LogP contribution in [0.25, 0.3) is 10.9 Å². The number of aryl methyl sites for hydroxylation is 2. The van der Waals surface area contributed by atoms with Crippen LogP contribution in [0.15, 0.2) is 30.3 Å². The maximum atomic E-state index is 13.0. The number of methoxy groups -OCH3 is 1. The molecule has 5 heteroatoms. The number of para-hydroxylation sites is 1. The van der Waals surface area contributed by atoms with Gasteiger partial charge in [0.15, 0.2) is 17.6 Å².